The van der Waals surface area contributed by atoms with Crippen molar-refractivity contribution >= 4 is 0 Å². The predicted octanol–water partition coefficient (Wildman–Crippen LogP) is 9.55. The van der Waals surface area contributed by atoms with Crippen LogP contribution in [0.5, 0.6) is 0 Å². The van der Waals surface area contributed by atoms with Crippen LogP contribution in [0, 0.1) is 0 Å². The van der Waals surface area contributed by atoms with Gasteiger partial charge in [-0.25, -0.2) is 0 Å². The van der Waals surface area contributed by atoms with Crippen LogP contribution in [-0.4, -0.2) is 0 Å². The van der Waals surface area contributed by atoms with Gasteiger partial charge in [0.25, 0.3) is 0 Å². The summed E-state index contributed by atoms with van der Waals surface area (Å²) in [7, 11) is 0. The normalized spacial score (nSPS) is 11.9. The molecule has 0 aliphatic heterocycles. The van der Waals surface area contributed by atoms with Crippen molar-refractivity contribution in [1.29, 1.82) is 0 Å². The van der Waals surface area contributed by atoms with Gasteiger partial charge in [0.15, 0.2) is 0 Å². The van der Waals surface area contributed by atoms with E-state index in [4.69, 9.17) is 0 Å². The maximum Gasteiger partial charge on any atom is -0.0316 e. The third-order valence-electron chi connectivity index (χ3n) is 5.03. The fraction of sp³-hybridized carbons (Fsp3) is 0.840. The molecule has 0 nitrogen and oxygen atoms in total. The SMILES string of the molecule is CCCCCCCCCC=CCCC=CCCCCCCCCCC. The highest BCUT2D eigenvalue weighted by atomic mass is 14.0. The van der Waals surface area contributed by atoms with E-state index in [0.717, 1.165) is 0 Å². The van der Waals surface area contributed by atoms with E-state index in [1.54, 1.807) is 0 Å². The molecule has 0 N–H and O–H groups in total. The van der Waals surface area contributed by atoms with Crippen LogP contribution in [0.2, 0.25) is 0 Å². The van der Waals surface area contributed by atoms with Gasteiger partial charge < -0.3 is 0 Å². The highest BCUT2D eigenvalue weighted by Crippen LogP contribution is 2.10. The summed E-state index contributed by atoms with van der Waals surface area (Å²) in [5.41, 5.74) is 0. The van der Waals surface area contributed by atoms with Crippen LogP contribution in [0.3, 0.4) is 0 Å². The number of hydrogen-bond donors (Lipinski definition) is 0. The molecule has 0 aromatic carbocycles. The van der Waals surface area contributed by atoms with E-state index in [-0.39, 0.29) is 0 Å². The van der Waals surface area contributed by atoms with Gasteiger partial charge >= 0.3 is 0 Å². The molecule has 0 aromatic rings. The fourth-order valence-corrected chi connectivity index (χ4v) is 3.28. The zero-order chi connectivity index (χ0) is 18.3. The first-order valence-corrected chi connectivity index (χ1v) is 11.7. The summed E-state index contributed by atoms with van der Waals surface area (Å²) in [5.74, 6) is 0. The summed E-state index contributed by atoms with van der Waals surface area (Å²) in [6, 6.07) is 0. The smallest absolute Gasteiger partial charge is 0.0316 e. The Kier molecular flexibility index (Phi) is 23.0. The third-order valence-corrected chi connectivity index (χ3v) is 5.03. The van der Waals surface area contributed by atoms with Crippen LogP contribution in [0.15, 0.2) is 24.3 Å². The van der Waals surface area contributed by atoms with Crippen LogP contribution < -0.4 is 0 Å². The van der Waals surface area contributed by atoms with Crippen LogP contribution in [0.25, 0.3) is 0 Å². The molecular formula is C25H48. The number of hydrogen-bond acceptors (Lipinski definition) is 0. The van der Waals surface area contributed by atoms with Crippen molar-refractivity contribution in [3.8, 4) is 0 Å². The van der Waals surface area contributed by atoms with E-state index in [1.807, 2.05) is 0 Å². The monoisotopic (exact) mass is 348 g/mol. The Hall–Kier alpha value is -0.520. The van der Waals surface area contributed by atoms with Crippen LogP contribution in [-0.2, 0) is 0 Å². The maximum atomic E-state index is 2.40. The lowest BCUT2D eigenvalue weighted by Gasteiger charge is -1.99. The highest BCUT2D eigenvalue weighted by Gasteiger charge is 1.91. The van der Waals surface area contributed by atoms with Crippen molar-refractivity contribution in [1.82, 2.24) is 0 Å². The van der Waals surface area contributed by atoms with Gasteiger partial charge in [0.1, 0.15) is 0 Å². The highest BCUT2D eigenvalue weighted by molar-refractivity contribution is 4.88. The number of allylic oxidation sites excluding steroid dienone is 4. The quantitative estimate of drug-likeness (QED) is 0.152. The second-order valence-corrected chi connectivity index (χ2v) is 7.69. The van der Waals surface area contributed by atoms with Gasteiger partial charge in [-0.15, -0.1) is 0 Å². The van der Waals surface area contributed by atoms with Crippen molar-refractivity contribution in [2.24, 2.45) is 0 Å². The van der Waals surface area contributed by atoms with Gasteiger partial charge in [-0.3, -0.25) is 0 Å². The van der Waals surface area contributed by atoms with Crippen LogP contribution in [0.1, 0.15) is 136 Å². The van der Waals surface area contributed by atoms with Crippen molar-refractivity contribution in [3.63, 3.8) is 0 Å². The number of rotatable bonds is 20. The second kappa shape index (κ2) is 23.5. The van der Waals surface area contributed by atoms with Gasteiger partial charge in [0.2, 0.25) is 0 Å². The molecule has 0 radical (unpaired) electrons. The molecule has 0 unspecified atom stereocenters. The van der Waals surface area contributed by atoms with Gasteiger partial charge in [-0.1, -0.05) is 122 Å². The van der Waals surface area contributed by atoms with Gasteiger partial charge in [-0.2, -0.15) is 0 Å². The molecule has 25 heavy (non-hydrogen) atoms. The molecule has 148 valence electrons. The minimum absolute atomic E-state index is 1.23. The Morgan fingerprint density at radius 1 is 0.320 bits per heavy atom. The topological polar surface area (TPSA) is 0 Å². The molecule has 0 fully saturated rings. The summed E-state index contributed by atoms with van der Waals surface area (Å²) in [6.07, 6.45) is 35.9. The van der Waals surface area contributed by atoms with E-state index in [2.05, 4.69) is 38.2 Å². The van der Waals surface area contributed by atoms with Crippen LogP contribution in [0.4, 0.5) is 0 Å². The van der Waals surface area contributed by atoms with Gasteiger partial charge in [-0.05, 0) is 38.5 Å². The first-order valence-electron chi connectivity index (χ1n) is 11.7. The minimum Gasteiger partial charge on any atom is -0.0885 e. The van der Waals surface area contributed by atoms with Crippen molar-refractivity contribution in [2.45, 2.75) is 136 Å². The summed E-state index contributed by atoms with van der Waals surface area (Å²) in [6.45, 7) is 4.58. The van der Waals surface area contributed by atoms with E-state index in [9.17, 15) is 0 Å². The molecule has 0 aliphatic rings. The van der Waals surface area contributed by atoms with Gasteiger partial charge in [0, 0.05) is 0 Å². The Morgan fingerprint density at radius 3 is 0.960 bits per heavy atom. The van der Waals surface area contributed by atoms with Crippen molar-refractivity contribution in [3.05, 3.63) is 24.3 Å². The van der Waals surface area contributed by atoms with E-state index in [1.165, 1.54) is 122 Å². The summed E-state index contributed by atoms with van der Waals surface area (Å²) < 4.78 is 0. The zero-order valence-electron chi connectivity index (χ0n) is 17.7. The lowest BCUT2D eigenvalue weighted by atomic mass is 10.1. The Bertz CT molecular complexity index is 274. The average molecular weight is 349 g/mol. The molecule has 0 aromatic heterocycles. The zero-order valence-corrected chi connectivity index (χ0v) is 17.7. The van der Waals surface area contributed by atoms with E-state index < -0.39 is 0 Å². The summed E-state index contributed by atoms with van der Waals surface area (Å²) in [5, 5.41) is 0. The molecule has 0 spiro atoms. The van der Waals surface area contributed by atoms with Crippen molar-refractivity contribution < 1.29 is 0 Å². The summed E-state index contributed by atoms with van der Waals surface area (Å²) in [4.78, 5) is 0. The minimum atomic E-state index is 1.23. The molecule has 0 bridgehead atoms. The standard InChI is InChI=1S/C25H48/c1-3-5-7-9-11-13-15-17-19-21-23-25-24-22-20-18-16-14-12-10-8-6-4-2/h19,21-22,24H,3-18,20,23,25H2,1-2H3. The molecule has 0 saturated carbocycles. The first kappa shape index (κ1) is 24.5. The molecule has 0 amide bonds. The molecule has 0 rings (SSSR count). The number of unbranched alkanes of at least 4 members (excludes halogenated alkanes) is 16. The van der Waals surface area contributed by atoms with E-state index >= 15 is 0 Å². The third kappa shape index (κ3) is 23.5. The molecular weight excluding hydrogens is 300 g/mol. The van der Waals surface area contributed by atoms with E-state index in [0.29, 0.717) is 0 Å². The second-order valence-electron chi connectivity index (χ2n) is 7.69. The average Bonchev–Trinajstić information content (AvgIpc) is 2.63. The lowest BCUT2D eigenvalue weighted by molar-refractivity contribution is 0.577. The molecule has 0 aliphatic carbocycles. The fourth-order valence-electron chi connectivity index (χ4n) is 3.28. The Morgan fingerprint density at radius 2 is 0.600 bits per heavy atom. The maximum absolute atomic E-state index is 2.40. The van der Waals surface area contributed by atoms with Crippen LogP contribution >= 0.6 is 0 Å². The molecule has 0 heteroatoms. The molecule has 0 heterocycles. The Balaban J connectivity index is 3.14. The molecule has 0 saturated heterocycles. The summed E-state index contributed by atoms with van der Waals surface area (Å²) >= 11 is 0. The van der Waals surface area contributed by atoms with Crippen molar-refractivity contribution in [2.75, 3.05) is 0 Å². The Labute approximate surface area is 160 Å². The lowest BCUT2D eigenvalue weighted by Crippen LogP contribution is -1.80. The predicted molar refractivity (Wildman–Crippen MR) is 117 cm³/mol. The van der Waals surface area contributed by atoms with Gasteiger partial charge in [0.05, 0.1) is 0 Å². The first-order chi connectivity index (χ1) is 12.4. The molecule has 0 atom stereocenters. The largest absolute Gasteiger partial charge is 0.0885 e.